The Morgan fingerprint density at radius 1 is 1.23 bits per heavy atom. The third kappa shape index (κ3) is 5.20. The molecule has 0 saturated carbocycles. The van der Waals surface area contributed by atoms with Crippen molar-refractivity contribution >= 4 is 56.5 Å². The number of fused-ring (bicyclic) bond motifs is 1. The summed E-state index contributed by atoms with van der Waals surface area (Å²) in [6.45, 7) is 7.85. The van der Waals surface area contributed by atoms with Gasteiger partial charge in [-0.05, 0) is 52.0 Å². The van der Waals surface area contributed by atoms with Crippen molar-refractivity contribution < 1.29 is 14.3 Å². The van der Waals surface area contributed by atoms with Gasteiger partial charge in [0.2, 0.25) is 5.91 Å². The predicted molar refractivity (Wildman–Crippen MR) is 114 cm³/mol. The molecule has 1 amide bonds. The van der Waals surface area contributed by atoms with E-state index in [4.69, 9.17) is 17.0 Å². The molecule has 1 heterocycles. The molecule has 0 aliphatic heterocycles. The van der Waals surface area contributed by atoms with Gasteiger partial charge in [-0.3, -0.25) is 4.79 Å². The van der Waals surface area contributed by atoms with Crippen LogP contribution in [-0.4, -0.2) is 46.5 Å². The molecule has 2 rings (SSSR count). The highest BCUT2D eigenvalue weighted by molar-refractivity contribution is 8.23. The summed E-state index contributed by atoms with van der Waals surface area (Å²) < 4.78 is 5.94. The van der Waals surface area contributed by atoms with Crippen LogP contribution in [0.3, 0.4) is 0 Å². The van der Waals surface area contributed by atoms with E-state index in [-0.39, 0.29) is 17.6 Å². The van der Waals surface area contributed by atoms with E-state index in [9.17, 15) is 9.59 Å². The van der Waals surface area contributed by atoms with Gasteiger partial charge in [0.15, 0.2) is 0 Å². The number of thioether (sulfide) groups is 1. The molecule has 144 valence electrons. The minimum Gasteiger partial charge on any atom is -0.462 e. The number of thiocarbonyl (C=S) groups is 1. The van der Waals surface area contributed by atoms with Gasteiger partial charge < -0.3 is 15.0 Å². The van der Waals surface area contributed by atoms with Gasteiger partial charge in [0.1, 0.15) is 9.32 Å². The van der Waals surface area contributed by atoms with Crippen LogP contribution in [0.1, 0.15) is 54.4 Å². The quantitative estimate of drug-likeness (QED) is 0.535. The molecule has 1 N–H and O–H groups in total. The van der Waals surface area contributed by atoms with Crippen LogP contribution in [0.2, 0.25) is 0 Å². The number of carbonyl (C=O) groups excluding carboxylic acids is 2. The highest BCUT2D eigenvalue weighted by Crippen LogP contribution is 2.38. The van der Waals surface area contributed by atoms with Crippen LogP contribution in [0.5, 0.6) is 0 Å². The van der Waals surface area contributed by atoms with Gasteiger partial charge in [0.05, 0.1) is 17.9 Å². The molecule has 0 radical (unpaired) electrons. The zero-order valence-electron chi connectivity index (χ0n) is 15.6. The first-order valence-electron chi connectivity index (χ1n) is 9.04. The summed E-state index contributed by atoms with van der Waals surface area (Å²) in [5.74, 6) is -0.248. The van der Waals surface area contributed by atoms with Crippen LogP contribution in [0.25, 0.3) is 0 Å². The molecular weight excluding hydrogens is 388 g/mol. The summed E-state index contributed by atoms with van der Waals surface area (Å²) >= 11 is 8.23. The number of anilines is 1. The van der Waals surface area contributed by atoms with E-state index in [0.717, 1.165) is 48.7 Å². The number of nitrogens with zero attached hydrogens (tertiary/aromatic N) is 1. The molecule has 0 bridgehead atoms. The van der Waals surface area contributed by atoms with Crippen molar-refractivity contribution in [3.63, 3.8) is 0 Å². The highest BCUT2D eigenvalue weighted by atomic mass is 32.2. The van der Waals surface area contributed by atoms with Crippen molar-refractivity contribution in [2.75, 3.05) is 30.8 Å². The second-order valence-electron chi connectivity index (χ2n) is 5.91. The SMILES string of the molecule is CCOC(=O)c1c(NC(=O)CSC(=S)N(CC)CC)sc2c1CCCC2. The lowest BCUT2D eigenvalue weighted by Crippen LogP contribution is -2.28. The van der Waals surface area contributed by atoms with Crippen LogP contribution in [0.4, 0.5) is 5.00 Å². The lowest BCUT2D eigenvalue weighted by atomic mass is 9.95. The summed E-state index contributed by atoms with van der Waals surface area (Å²) in [4.78, 5) is 28.1. The van der Waals surface area contributed by atoms with Crippen molar-refractivity contribution in [3.8, 4) is 0 Å². The first-order valence-corrected chi connectivity index (χ1v) is 11.3. The molecule has 1 aliphatic rings. The van der Waals surface area contributed by atoms with Crippen molar-refractivity contribution in [1.82, 2.24) is 4.90 Å². The number of amides is 1. The zero-order chi connectivity index (χ0) is 19.1. The van der Waals surface area contributed by atoms with E-state index in [0.29, 0.717) is 17.2 Å². The number of hydrogen-bond donors (Lipinski definition) is 1. The van der Waals surface area contributed by atoms with Gasteiger partial charge in [-0.1, -0.05) is 24.0 Å². The predicted octanol–water partition coefficient (Wildman–Crippen LogP) is 4.10. The van der Waals surface area contributed by atoms with Crippen molar-refractivity contribution in [1.29, 1.82) is 0 Å². The summed E-state index contributed by atoms with van der Waals surface area (Å²) in [6, 6.07) is 0. The van der Waals surface area contributed by atoms with E-state index in [2.05, 4.69) is 5.32 Å². The smallest absolute Gasteiger partial charge is 0.341 e. The van der Waals surface area contributed by atoms with Crippen LogP contribution in [-0.2, 0) is 22.4 Å². The largest absolute Gasteiger partial charge is 0.462 e. The average molecular weight is 415 g/mol. The van der Waals surface area contributed by atoms with Crippen LogP contribution < -0.4 is 5.32 Å². The Labute approximate surface area is 168 Å². The molecular formula is C18H26N2O3S3. The Morgan fingerprint density at radius 2 is 1.92 bits per heavy atom. The summed E-state index contributed by atoms with van der Waals surface area (Å²) in [6.07, 6.45) is 4.02. The number of aryl methyl sites for hydroxylation is 1. The van der Waals surface area contributed by atoms with E-state index in [1.165, 1.54) is 28.0 Å². The molecule has 0 spiro atoms. The molecule has 0 unspecified atom stereocenters. The lowest BCUT2D eigenvalue weighted by molar-refractivity contribution is -0.113. The Balaban J connectivity index is 2.08. The van der Waals surface area contributed by atoms with Gasteiger partial charge in [-0.25, -0.2) is 4.79 Å². The van der Waals surface area contributed by atoms with Gasteiger partial charge in [-0.2, -0.15) is 0 Å². The number of ether oxygens (including phenoxy) is 1. The molecule has 1 aromatic rings. The van der Waals surface area contributed by atoms with Gasteiger partial charge in [0.25, 0.3) is 0 Å². The van der Waals surface area contributed by atoms with E-state index < -0.39 is 0 Å². The van der Waals surface area contributed by atoms with Crippen LogP contribution >= 0.6 is 35.3 Å². The molecule has 0 fully saturated rings. The maximum atomic E-state index is 12.4. The number of hydrogen-bond acceptors (Lipinski definition) is 6. The maximum absolute atomic E-state index is 12.4. The minimum absolute atomic E-state index is 0.145. The normalized spacial score (nSPS) is 13.0. The van der Waals surface area contributed by atoms with E-state index in [1.807, 2.05) is 18.7 Å². The second kappa shape index (κ2) is 10.3. The van der Waals surface area contributed by atoms with Crippen molar-refractivity contribution in [2.45, 2.75) is 46.5 Å². The Kier molecular flexibility index (Phi) is 8.37. The van der Waals surface area contributed by atoms with Crippen LogP contribution in [0, 0.1) is 0 Å². The molecule has 0 atom stereocenters. The molecule has 1 aromatic heterocycles. The lowest BCUT2D eigenvalue weighted by Gasteiger charge is -2.20. The van der Waals surface area contributed by atoms with Crippen molar-refractivity contribution in [2.24, 2.45) is 0 Å². The van der Waals surface area contributed by atoms with Crippen molar-refractivity contribution in [3.05, 3.63) is 16.0 Å². The molecule has 0 saturated heterocycles. The second-order valence-corrected chi connectivity index (χ2v) is 8.62. The van der Waals surface area contributed by atoms with Gasteiger partial charge in [-0.15, -0.1) is 11.3 Å². The minimum atomic E-state index is -0.339. The zero-order valence-corrected chi connectivity index (χ0v) is 18.0. The molecule has 0 aromatic carbocycles. The third-order valence-corrected chi connectivity index (χ3v) is 6.98. The molecule has 26 heavy (non-hydrogen) atoms. The standard InChI is InChI=1S/C18H26N2O3S3/c1-4-20(5-2)18(24)25-11-14(21)19-16-15(17(22)23-6-3)12-9-7-8-10-13(12)26-16/h4-11H2,1-3H3,(H,19,21). The molecule has 5 nitrogen and oxygen atoms in total. The summed E-state index contributed by atoms with van der Waals surface area (Å²) in [5.41, 5.74) is 1.61. The molecule has 8 heteroatoms. The third-order valence-electron chi connectivity index (χ3n) is 4.25. The highest BCUT2D eigenvalue weighted by Gasteiger charge is 2.27. The van der Waals surface area contributed by atoms with Gasteiger partial charge in [0, 0.05) is 18.0 Å². The van der Waals surface area contributed by atoms with Crippen LogP contribution in [0.15, 0.2) is 0 Å². The fraction of sp³-hybridized carbons (Fsp3) is 0.611. The first kappa shape index (κ1) is 21.2. The number of esters is 1. The number of thiophene rings is 1. The average Bonchev–Trinajstić information content (AvgIpc) is 2.99. The fourth-order valence-corrected chi connectivity index (χ4v) is 5.43. The number of nitrogens with one attached hydrogen (secondary N) is 1. The summed E-state index contributed by atoms with van der Waals surface area (Å²) in [7, 11) is 0. The van der Waals surface area contributed by atoms with E-state index in [1.54, 1.807) is 6.92 Å². The number of rotatable bonds is 7. The Morgan fingerprint density at radius 3 is 2.58 bits per heavy atom. The van der Waals surface area contributed by atoms with Gasteiger partial charge >= 0.3 is 5.97 Å². The first-order chi connectivity index (χ1) is 12.5. The molecule has 1 aliphatic carbocycles. The number of carbonyl (C=O) groups is 2. The fourth-order valence-electron chi connectivity index (χ4n) is 2.94. The Bertz CT molecular complexity index is 669. The van der Waals surface area contributed by atoms with E-state index >= 15 is 0 Å². The Hall–Kier alpha value is -1.12. The maximum Gasteiger partial charge on any atom is 0.341 e. The topological polar surface area (TPSA) is 58.6 Å². The summed E-state index contributed by atoms with van der Waals surface area (Å²) in [5, 5.41) is 3.54. The monoisotopic (exact) mass is 414 g/mol.